The highest BCUT2D eigenvalue weighted by Gasteiger charge is 2.15. The SMILES string of the molecule is COc1ccc(OC(C)C(=O)Nc2ccc(C)cc2C)cc1. The molecule has 1 N–H and O–H groups in total. The van der Waals surface area contributed by atoms with Crippen molar-refractivity contribution in [2.24, 2.45) is 0 Å². The van der Waals surface area contributed by atoms with Gasteiger partial charge in [0.1, 0.15) is 11.5 Å². The minimum absolute atomic E-state index is 0.178. The maximum absolute atomic E-state index is 12.2. The lowest BCUT2D eigenvalue weighted by Crippen LogP contribution is -2.30. The van der Waals surface area contributed by atoms with Gasteiger partial charge in [-0.05, 0) is 56.7 Å². The molecule has 0 saturated heterocycles. The number of carbonyl (C=O) groups is 1. The van der Waals surface area contributed by atoms with E-state index in [1.54, 1.807) is 38.3 Å². The minimum Gasteiger partial charge on any atom is -0.497 e. The van der Waals surface area contributed by atoms with E-state index in [-0.39, 0.29) is 5.91 Å². The molecule has 4 heteroatoms. The monoisotopic (exact) mass is 299 g/mol. The number of amides is 1. The van der Waals surface area contributed by atoms with Crippen molar-refractivity contribution in [1.29, 1.82) is 0 Å². The van der Waals surface area contributed by atoms with E-state index in [1.165, 1.54) is 0 Å². The Labute approximate surface area is 131 Å². The summed E-state index contributed by atoms with van der Waals surface area (Å²) in [4.78, 5) is 12.2. The van der Waals surface area contributed by atoms with Crippen molar-refractivity contribution in [2.45, 2.75) is 26.9 Å². The number of methoxy groups -OCH3 is 1. The van der Waals surface area contributed by atoms with Crippen molar-refractivity contribution >= 4 is 11.6 Å². The van der Waals surface area contributed by atoms with Crippen LogP contribution in [0.4, 0.5) is 5.69 Å². The van der Waals surface area contributed by atoms with Gasteiger partial charge in [0.05, 0.1) is 7.11 Å². The van der Waals surface area contributed by atoms with Crippen LogP contribution in [0.25, 0.3) is 0 Å². The van der Waals surface area contributed by atoms with Gasteiger partial charge in [0.15, 0.2) is 6.10 Å². The van der Waals surface area contributed by atoms with Gasteiger partial charge in [0.2, 0.25) is 0 Å². The molecule has 1 amide bonds. The van der Waals surface area contributed by atoms with Gasteiger partial charge in [-0.2, -0.15) is 0 Å². The number of benzene rings is 2. The van der Waals surface area contributed by atoms with Crippen molar-refractivity contribution in [2.75, 3.05) is 12.4 Å². The van der Waals surface area contributed by atoms with Gasteiger partial charge in [0.25, 0.3) is 5.91 Å². The zero-order chi connectivity index (χ0) is 16.1. The van der Waals surface area contributed by atoms with E-state index >= 15 is 0 Å². The molecule has 0 spiro atoms. The Hall–Kier alpha value is -2.49. The molecule has 1 unspecified atom stereocenters. The van der Waals surface area contributed by atoms with Crippen LogP contribution in [0, 0.1) is 13.8 Å². The molecule has 0 heterocycles. The molecule has 0 aromatic heterocycles. The Kier molecular flexibility index (Phi) is 5.04. The summed E-state index contributed by atoms with van der Waals surface area (Å²) in [6.45, 7) is 5.72. The van der Waals surface area contributed by atoms with Crippen molar-refractivity contribution in [1.82, 2.24) is 0 Å². The van der Waals surface area contributed by atoms with Crippen LogP contribution in [0.2, 0.25) is 0 Å². The first-order valence-electron chi connectivity index (χ1n) is 7.18. The average Bonchev–Trinajstić information content (AvgIpc) is 2.50. The highest BCUT2D eigenvalue weighted by Crippen LogP contribution is 2.20. The summed E-state index contributed by atoms with van der Waals surface area (Å²) in [5, 5.41) is 2.89. The number of hydrogen-bond acceptors (Lipinski definition) is 3. The van der Waals surface area contributed by atoms with Crippen LogP contribution in [0.15, 0.2) is 42.5 Å². The molecule has 0 aliphatic carbocycles. The van der Waals surface area contributed by atoms with Gasteiger partial charge >= 0.3 is 0 Å². The molecule has 1 atom stereocenters. The first-order chi connectivity index (χ1) is 10.5. The Morgan fingerprint density at radius 3 is 2.27 bits per heavy atom. The molecule has 4 nitrogen and oxygen atoms in total. The largest absolute Gasteiger partial charge is 0.497 e. The standard InChI is InChI=1S/C18H21NO3/c1-12-5-10-17(13(2)11-12)19-18(20)14(3)22-16-8-6-15(21-4)7-9-16/h5-11,14H,1-4H3,(H,19,20). The van der Waals surface area contributed by atoms with Gasteiger partial charge < -0.3 is 14.8 Å². The van der Waals surface area contributed by atoms with Gasteiger partial charge in [-0.3, -0.25) is 4.79 Å². The summed E-state index contributed by atoms with van der Waals surface area (Å²) in [6, 6.07) is 13.1. The van der Waals surface area contributed by atoms with E-state index in [1.807, 2.05) is 32.0 Å². The average molecular weight is 299 g/mol. The summed E-state index contributed by atoms with van der Waals surface area (Å²) in [5.74, 6) is 1.20. The summed E-state index contributed by atoms with van der Waals surface area (Å²) >= 11 is 0. The number of rotatable bonds is 5. The van der Waals surface area contributed by atoms with E-state index in [9.17, 15) is 4.79 Å². The highest BCUT2D eigenvalue weighted by atomic mass is 16.5. The predicted octanol–water partition coefficient (Wildman–Crippen LogP) is 3.72. The topological polar surface area (TPSA) is 47.6 Å². The van der Waals surface area contributed by atoms with E-state index in [0.29, 0.717) is 5.75 Å². The molecular weight excluding hydrogens is 278 g/mol. The molecule has 0 bridgehead atoms. The van der Waals surface area contributed by atoms with Crippen LogP contribution in [0.1, 0.15) is 18.1 Å². The maximum atomic E-state index is 12.2. The number of aryl methyl sites for hydroxylation is 2. The molecule has 2 aromatic carbocycles. The minimum atomic E-state index is -0.589. The Morgan fingerprint density at radius 1 is 1.05 bits per heavy atom. The van der Waals surface area contributed by atoms with Crippen molar-refractivity contribution < 1.29 is 14.3 Å². The van der Waals surface area contributed by atoms with Gasteiger partial charge in [-0.15, -0.1) is 0 Å². The number of hydrogen-bond donors (Lipinski definition) is 1. The lowest BCUT2D eigenvalue weighted by atomic mass is 10.1. The van der Waals surface area contributed by atoms with Crippen LogP contribution >= 0.6 is 0 Å². The molecule has 116 valence electrons. The Bertz CT molecular complexity index is 650. The third kappa shape index (κ3) is 4.01. The summed E-state index contributed by atoms with van der Waals surface area (Å²) in [6.07, 6.45) is -0.589. The second-order valence-corrected chi connectivity index (χ2v) is 5.24. The van der Waals surface area contributed by atoms with Crippen molar-refractivity contribution in [3.63, 3.8) is 0 Å². The van der Waals surface area contributed by atoms with Crippen LogP contribution in [0.3, 0.4) is 0 Å². The second kappa shape index (κ2) is 6.98. The Morgan fingerprint density at radius 2 is 1.68 bits per heavy atom. The van der Waals surface area contributed by atoms with Crippen LogP contribution < -0.4 is 14.8 Å². The molecule has 0 aliphatic rings. The summed E-state index contributed by atoms with van der Waals surface area (Å²) in [7, 11) is 1.61. The molecule has 0 aliphatic heterocycles. The Balaban J connectivity index is 1.99. The fourth-order valence-electron chi connectivity index (χ4n) is 2.10. The zero-order valence-electron chi connectivity index (χ0n) is 13.3. The van der Waals surface area contributed by atoms with Crippen LogP contribution in [-0.4, -0.2) is 19.1 Å². The zero-order valence-corrected chi connectivity index (χ0v) is 13.3. The van der Waals surface area contributed by atoms with E-state index in [4.69, 9.17) is 9.47 Å². The number of carbonyl (C=O) groups excluding carboxylic acids is 1. The van der Waals surface area contributed by atoms with Crippen molar-refractivity contribution in [3.8, 4) is 11.5 Å². The van der Waals surface area contributed by atoms with E-state index in [0.717, 1.165) is 22.6 Å². The fourth-order valence-corrected chi connectivity index (χ4v) is 2.10. The van der Waals surface area contributed by atoms with Crippen molar-refractivity contribution in [3.05, 3.63) is 53.6 Å². The second-order valence-electron chi connectivity index (χ2n) is 5.24. The number of anilines is 1. The smallest absolute Gasteiger partial charge is 0.265 e. The normalized spacial score (nSPS) is 11.6. The third-order valence-corrected chi connectivity index (χ3v) is 3.38. The van der Waals surface area contributed by atoms with Gasteiger partial charge in [0, 0.05) is 5.69 Å². The van der Waals surface area contributed by atoms with Crippen LogP contribution in [-0.2, 0) is 4.79 Å². The lowest BCUT2D eigenvalue weighted by molar-refractivity contribution is -0.122. The summed E-state index contributed by atoms with van der Waals surface area (Å²) < 4.78 is 10.7. The maximum Gasteiger partial charge on any atom is 0.265 e. The lowest BCUT2D eigenvalue weighted by Gasteiger charge is -2.16. The quantitative estimate of drug-likeness (QED) is 0.915. The number of ether oxygens (including phenoxy) is 2. The van der Waals surface area contributed by atoms with E-state index < -0.39 is 6.10 Å². The van der Waals surface area contributed by atoms with Gasteiger partial charge in [-0.1, -0.05) is 17.7 Å². The molecule has 22 heavy (non-hydrogen) atoms. The van der Waals surface area contributed by atoms with E-state index in [2.05, 4.69) is 5.32 Å². The highest BCUT2D eigenvalue weighted by molar-refractivity contribution is 5.94. The molecule has 2 aromatic rings. The van der Waals surface area contributed by atoms with Gasteiger partial charge in [-0.25, -0.2) is 0 Å². The summed E-state index contributed by atoms with van der Waals surface area (Å²) in [5.41, 5.74) is 3.00. The third-order valence-electron chi connectivity index (χ3n) is 3.38. The predicted molar refractivity (Wildman–Crippen MR) is 87.6 cm³/mol. The molecular formula is C18H21NO3. The number of nitrogens with one attached hydrogen (secondary N) is 1. The molecule has 0 fully saturated rings. The fraction of sp³-hybridized carbons (Fsp3) is 0.278. The molecule has 2 rings (SSSR count). The molecule has 0 saturated carbocycles. The first kappa shape index (κ1) is 15.9. The first-order valence-corrected chi connectivity index (χ1v) is 7.18. The van der Waals surface area contributed by atoms with Crippen LogP contribution in [0.5, 0.6) is 11.5 Å². The molecule has 0 radical (unpaired) electrons.